The van der Waals surface area contributed by atoms with Gasteiger partial charge in [0.05, 0.1) is 0 Å². The molecule has 0 unspecified atom stereocenters. The van der Waals surface area contributed by atoms with Crippen molar-refractivity contribution in [1.29, 1.82) is 0 Å². The molecule has 0 aliphatic carbocycles. The van der Waals surface area contributed by atoms with Gasteiger partial charge in [0.15, 0.2) is 9.84 Å². The van der Waals surface area contributed by atoms with Crippen LogP contribution in [0.1, 0.15) is 16.7 Å². The third kappa shape index (κ3) is 3.01. The van der Waals surface area contributed by atoms with E-state index in [4.69, 9.17) is 0 Å². The Labute approximate surface area is 149 Å². The fourth-order valence-corrected chi connectivity index (χ4v) is 4.89. The van der Waals surface area contributed by atoms with Crippen LogP contribution in [0.5, 0.6) is 0 Å². The molecular weight excluding hydrogens is 361 g/mol. The van der Waals surface area contributed by atoms with E-state index in [0.29, 0.717) is 0 Å². The van der Waals surface area contributed by atoms with Gasteiger partial charge in [-0.05, 0) is 53.1 Å². The van der Waals surface area contributed by atoms with Crippen LogP contribution in [-0.2, 0) is 14.6 Å². The summed E-state index contributed by atoms with van der Waals surface area (Å²) < 4.78 is 64.6. The van der Waals surface area contributed by atoms with Crippen LogP contribution in [0.15, 0.2) is 72.8 Å². The van der Waals surface area contributed by atoms with Gasteiger partial charge in [-0.3, -0.25) is 0 Å². The molecule has 26 heavy (non-hydrogen) atoms. The molecular formula is C20H15F3O2S. The van der Waals surface area contributed by atoms with Crippen LogP contribution in [-0.4, -0.2) is 14.7 Å². The molecule has 0 bridgehead atoms. The van der Waals surface area contributed by atoms with Gasteiger partial charge in [0.1, 0.15) is 22.2 Å². The number of halogens is 3. The minimum Gasteiger partial charge on any atom is -0.227 e. The van der Waals surface area contributed by atoms with Gasteiger partial charge in [0.2, 0.25) is 0 Å². The first-order valence-corrected chi connectivity index (χ1v) is 9.62. The molecule has 0 aliphatic rings. The van der Waals surface area contributed by atoms with E-state index in [-0.39, 0.29) is 16.7 Å². The molecule has 6 heteroatoms. The molecule has 0 aliphatic heterocycles. The fourth-order valence-electron chi connectivity index (χ4n) is 3.20. The second kappa shape index (κ2) is 6.61. The predicted octanol–water partition coefficient (Wildman–Crippen LogP) is 4.44. The number of sulfone groups is 1. The summed E-state index contributed by atoms with van der Waals surface area (Å²) in [4.78, 5) is 0. The Morgan fingerprint density at radius 3 is 1.00 bits per heavy atom. The van der Waals surface area contributed by atoms with E-state index in [1.807, 2.05) is 0 Å². The summed E-state index contributed by atoms with van der Waals surface area (Å²) in [6, 6.07) is 15.1. The van der Waals surface area contributed by atoms with Gasteiger partial charge in [0, 0.05) is 6.26 Å². The summed E-state index contributed by atoms with van der Waals surface area (Å²) in [6.45, 7) is 0. The van der Waals surface area contributed by atoms with Crippen molar-refractivity contribution in [2.24, 2.45) is 0 Å². The molecule has 0 spiro atoms. The molecule has 134 valence electrons. The smallest absolute Gasteiger partial charge is 0.165 e. The largest absolute Gasteiger partial charge is 0.227 e. The van der Waals surface area contributed by atoms with Crippen LogP contribution in [0.25, 0.3) is 0 Å². The lowest BCUT2D eigenvalue weighted by Crippen LogP contribution is -2.38. The molecule has 0 fully saturated rings. The SMILES string of the molecule is CS(=O)(=O)C(c1ccc(F)cc1)(c1ccc(F)cc1)c1ccc(F)cc1. The molecule has 0 saturated carbocycles. The zero-order valence-electron chi connectivity index (χ0n) is 13.8. The van der Waals surface area contributed by atoms with E-state index in [9.17, 15) is 21.6 Å². The Bertz CT molecular complexity index is 899. The molecule has 3 aromatic rings. The summed E-state index contributed by atoms with van der Waals surface area (Å²) in [5.74, 6) is -1.56. The van der Waals surface area contributed by atoms with Crippen molar-refractivity contribution in [2.45, 2.75) is 4.75 Å². The van der Waals surface area contributed by atoms with Gasteiger partial charge in [-0.15, -0.1) is 0 Å². The monoisotopic (exact) mass is 376 g/mol. The zero-order valence-corrected chi connectivity index (χ0v) is 14.6. The van der Waals surface area contributed by atoms with Gasteiger partial charge in [-0.1, -0.05) is 36.4 Å². The first kappa shape index (κ1) is 18.2. The minimum atomic E-state index is -3.89. The second-order valence-electron chi connectivity index (χ2n) is 5.97. The molecule has 0 atom stereocenters. The lowest BCUT2D eigenvalue weighted by Gasteiger charge is -2.34. The first-order chi connectivity index (χ1) is 12.2. The van der Waals surface area contributed by atoms with Crippen LogP contribution in [0, 0.1) is 17.5 Å². The quantitative estimate of drug-likeness (QED) is 0.631. The normalized spacial score (nSPS) is 12.2. The third-order valence-corrected chi connectivity index (χ3v) is 6.13. The molecule has 0 aromatic heterocycles. The van der Waals surface area contributed by atoms with E-state index in [2.05, 4.69) is 0 Å². The maximum absolute atomic E-state index is 13.4. The molecule has 3 rings (SSSR count). The number of hydrogen-bond acceptors (Lipinski definition) is 2. The van der Waals surface area contributed by atoms with Crippen molar-refractivity contribution in [3.05, 3.63) is 107 Å². The first-order valence-electron chi connectivity index (χ1n) is 7.73. The van der Waals surface area contributed by atoms with E-state index in [1.54, 1.807) is 0 Å². The van der Waals surface area contributed by atoms with Crippen molar-refractivity contribution >= 4 is 9.84 Å². The standard InChI is InChI=1S/C20H15F3O2S/c1-26(24,25)20(14-2-8-17(21)9-3-14,15-4-10-18(22)11-5-15)16-6-12-19(23)13-7-16/h2-13H,1H3. The fraction of sp³-hybridized carbons (Fsp3) is 0.100. The highest BCUT2D eigenvalue weighted by Gasteiger charge is 2.46. The lowest BCUT2D eigenvalue weighted by molar-refractivity contribution is 0.575. The maximum atomic E-state index is 13.4. The van der Waals surface area contributed by atoms with Crippen LogP contribution in [0.3, 0.4) is 0 Å². The Balaban J connectivity index is 2.44. The van der Waals surface area contributed by atoms with Gasteiger partial charge in [0.25, 0.3) is 0 Å². The lowest BCUT2D eigenvalue weighted by atomic mass is 9.84. The summed E-state index contributed by atoms with van der Waals surface area (Å²) in [7, 11) is -3.89. The van der Waals surface area contributed by atoms with Crippen LogP contribution in [0.2, 0.25) is 0 Å². The van der Waals surface area contributed by atoms with Crippen LogP contribution < -0.4 is 0 Å². The highest BCUT2D eigenvalue weighted by Crippen LogP contribution is 2.43. The summed E-state index contributed by atoms with van der Waals surface area (Å²) in [5.41, 5.74) is 0.832. The van der Waals surface area contributed by atoms with Crippen LogP contribution >= 0.6 is 0 Å². The van der Waals surface area contributed by atoms with E-state index in [0.717, 1.165) is 42.7 Å². The molecule has 0 amide bonds. The maximum Gasteiger partial charge on any atom is 0.165 e. The number of hydrogen-bond donors (Lipinski definition) is 0. The van der Waals surface area contributed by atoms with Crippen molar-refractivity contribution in [3.63, 3.8) is 0 Å². The molecule has 0 saturated heterocycles. The Morgan fingerprint density at radius 1 is 0.577 bits per heavy atom. The number of rotatable bonds is 4. The summed E-state index contributed by atoms with van der Waals surface area (Å²) >= 11 is 0. The zero-order chi connectivity index (χ0) is 18.9. The second-order valence-corrected chi connectivity index (χ2v) is 8.13. The summed E-state index contributed by atoms with van der Waals surface area (Å²) in [5, 5.41) is 0. The van der Waals surface area contributed by atoms with Crippen molar-refractivity contribution in [1.82, 2.24) is 0 Å². The highest BCUT2D eigenvalue weighted by molar-refractivity contribution is 7.92. The van der Waals surface area contributed by atoms with Crippen molar-refractivity contribution in [3.8, 4) is 0 Å². The average molecular weight is 376 g/mol. The van der Waals surface area contributed by atoms with E-state index in [1.165, 1.54) is 36.4 Å². The topological polar surface area (TPSA) is 34.1 Å². The average Bonchev–Trinajstić information content (AvgIpc) is 2.59. The Hall–Kier alpha value is -2.60. The molecule has 0 radical (unpaired) electrons. The van der Waals surface area contributed by atoms with Gasteiger partial charge < -0.3 is 0 Å². The molecule has 2 nitrogen and oxygen atoms in total. The van der Waals surface area contributed by atoms with Crippen LogP contribution in [0.4, 0.5) is 13.2 Å². The Kier molecular flexibility index (Phi) is 4.63. The minimum absolute atomic E-state index is 0.277. The van der Waals surface area contributed by atoms with Gasteiger partial charge >= 0.3 is 0 Å². The van der Waals surface area contributed by atoms with Crippen molar-refractivity contribution in [2.75, 3.05) is 6.26 Å². The van der Waals surface area contributed by atoms with Crippen molar-refractivity contribution < 1.29 is 21.6 Å². The summed E-state index contributed by atoms with van der Waals surface area (Å²) in [6.07, 6.45) is 1.04. The number of benzene rings is 3. The van der Waals surface area contributed by atoms with E-state index < -0.39 is 32.0 Å². The molecule has 0 heterocycles. The van der Waals surface area contributed by atoms with E-state index >= 15 is 0 Å². The third-order valence-electron chi connectivity index (χ3n) is 4.31. The highest BCUT2D eigenvalue weighted by atomic mass is 32.2. The Morgan fingerprint density at radius 2 is 0.808 bits per heavy atom. The predicted molar refractivity (Wildman–Crippen MR) is 93.9 cm³/mol. The van der Waals surface area contributed by atoms with Gasteiger partial charge in [-0.25, -0.2) is 21.6 Å². The molecule has 0 N–H and O–H groups in total. The van der Waals surface area contributed by atoms with Gasteiger partial charge in [-0.2, -0.15) is 0 Å². The molecule has 3 aromatic carbocycles.